The highest BCUT2D eigenvalue weighted by Crippen LogP contribution is 2.16. The van der Waals surface area contributed by atoms with E-state index in [1.807, 2.05) is 18.4 Å². The number of carbonyl (C=O) groups is 2. The highest BCUT2D eigenvalue weighted by molar-refractivity contribution is 5.91. The molecule has 27 heavy (non-hydrogen) atoms. The van der Waals surface area contributed by atoms with Crippen molar-refractivity contribution in [3.8, 4) is 0 Å². The molecule has 152 valence electrons. The Balaban J connectivity index is 1.88. The Labute approximate surface area is 162 Å². The van der Waals surface area contributed by atoms with Crippen molar-refractivity contribution in [3.63, 3.8) is 0 Å². The standard InChI is InChI=1S/C20H33N3O4/c1-6-26-20(25)18-9-15(4)23(16(18)5)13-19(24)21-10-17-12-22(7-8-27-17)11-14(2)3/h9,14,17H,6-8,10-13H2,1-5H3,(H,21,24). The Hall–Kier alpha value is -1.86. The van der Waals surface area contributed by atoms with E-state index in [4.69, 9.17) is 9.47 Å². The zero-order valence-corrected chi connectivity index (χ0v) is 17.2. The number of rotatable bonds is 8. The quantitative estimate of drug-likeness (QED) is 0.697. The number of ether oxygens (including phenoxy) is 2. The summed E-state index contributed by atoms with van der Waals surface area (Å²) in [5.41, 5.74) is 2.13. The number of carbonyl (C=O) groups excluding carboxylic acids is 2. The molecular weight excluding hydrogens is 346 g/mol. The number of morpholine rings is 1. The average Bonchev–Trinajstić information content (AvgIpc) is 2.88. The highest BCUT2D eigenvalue weighted by Gasteiger charge is 2.22. The molecule has 2 rings (SSSR count). The summed E-state index contributed by atoms with van der Waals surface area (Å²) in [5.74, 6) is 0.182. The van der Waals surface area contributed by atoms with Gasteiger partial charge in [-0.2, -0.15) is 0 Å². The topological polar surface area (TPSA) is 72.8 Å². The molecule has 7 heteroatoms. The summed E-state index contributed by atoms with van der Waals surface area (Å²) in [5, 5.41) is 2.97. The van der Waals surface area contributed by atoms with Crippen molar-refractivity contribution >= 4 is 11.9 Å². The molecule has 1 saturated heterocycles. The van der Waals surface area contributed by atoms with Crippen LogP contribution < -0.4 is 5.32 Å². The highest BCUT2D eigenvalue weighted by atomic mass is 16.5. The molecule has 0 radical (unpaired) electrons. The van der Waals surface area contributed by atoms with Crippen LogP contribution in [0.5, 0.6) is 0 Å². The van der Waals surface area contributed by atoms with Crippen LogP contribution in [-0.4, -0.2) is 66.8 Å². The molecule has 1 aromatic heterocycles. The molecule has 0 spiro atoms. The first kappa shape index (κ1) is 21.4. The molecule has 0 aromatic carbocycles. The predicted octanol–water partition coefficient (Wildman–Crippen LogP) is 1.75. The second-order valence-electron chi connectivity index (χ2n) is 7.54. The predicted molar refractivity (Wildman–Crippen MR) is 104 cm³/mol. The van der Waals surface area contributed by atoms with Gasteiger partial charge in [-0.25, -0.2) is 4.79 Å². The summed E-state index contributed by atoms with van der Waals surface area (Å²) in [7, 11) is 0. The normalized spacial score (nSPS) is 17.9. The van der Waals surface area contributed by atoms with Gasteiger partial charge in [0.05, 0.1) is 24.9 Å². The van der Waals surface area contributed by atoms with Gasteiger partial charge in [-0.05, 0) is 32.8 Å². The first-order valence-corrected chi connectivity index (χ1v) is 9.76. The number of nitrogens with one attached hydrogen (secondary N) is 1. The van der Waals surface area contributed by atoms with Gasteiger partial charge >= 0.3 is 5.97 Å². The third kappa shape index (κ3) is 6.07. The van der Waals surface area contributed by atoms with Gasteiger partial charge in [-0.15, -0.1) is 0 Å². The van der Waals surface area contributed by atoms with E-state index in [0.29, 0.717) is 31.2 Å². The number of hydrogen-bond acceptors (Lipinski definition) is 5. The van der Waals surface area contributed by atoms with Gasteiger partial charge in [-0.1, -0.05) is 13.8 Å². The molecule has 1 N–H and O–H groups in total. The van der Waals surface area contributed by atoms with Gasteiger partial charge in [0.15, 0.2) is 0 Å². The van der Waals surface area contributed by atoms with E-state index in [1.54, 1.807) is 13.0 Å². The largest absolute Gasteiger partial charge is 0.462 e. The first-order chi connectivity index (χ1) is 12.8. The lowest BCUT2D eigenvalue weighted by Gasteiger charge is -2.34. The first-order valence-electron chi connectivity index (χ1n) is 9.76. The maximum absolute atomic E-state index is 12.4. The van der Waals surface area contributed by atoms with Crippen LogP contribution in [0, 0.1) is 19.8 Å². The van der Waals surface area contributed by atoms with E-state index < -0.39 is 0 Å². The lowest BCUT2D eigenvalue weighted by Crippen LogP contribution is -2.48. The fraction of sp³-hybridized carbons (Fsp3) is 0.700. The van der Waals surface area contributed by atoms with Crippen molar-refractivity contribution in [2.75, 3.05) is 39.4 Å². The summed E-state index contributed by atoms with van der Waals surface area (Å²) in [6.07, 6.45) is 0.0170. The second kappa shape index (κ2) is 9.90. The Kier molecular flexibility index (Phi) is 7.86. The molecule has 1 fully saturated rings. The fourth-order valence-corrected chi connectivity index (χ4v) is 3.47. The van der Waals surface area contributed by atoms with Crippen LogP contribution in [0.15, 0.2) is 6.07 Å². The summed E-state index contributed by atoms with van der Waals surface area (Å²) < 4.78 is 12.7. The Morgan fingerprint density at radius 2 is 2.11 bits per heavy atom. The number of nitrogens with zero attached hydrogens (tertiary/aromatic N) is 2. The zero-order valence-electron chi connectivity index (χ0n) is 17.2. The fourth-order valence-electron chi connectivity index (χ4n) is 3.47. The van der Waals surface area contributed by atoms with E-state index in [2.05, 4.69) is 24.1 Å². The third-order valence-electron chi connectivity index (χ3n) is 4.74. The zero-order chi connectivity index (χ0) is 20.0. The lowest BCUT2D eigenvalue weighted by molar-refractivity contribution is -0.123. The molecule has 1 aromatic rings. The van der Waals surface area contributed by atoms with Crippen molar-refractivity contribution in [2.45, 2.75) is 47.3 Å². The molecule has 0 bridgehead atoms. The van der Waals surface area contributed by atoms with Crippen molar-refractivity contribution < 1.29 is 19.1 Å². The molecule has 0 aliphatic carbocycles. The molecule has 2 heterocycles. The number of aryl methyl sites for hydroxylation is 1. The van der Waals surface area contributed by atoms with E-state index in [0.717, 1.165) is 31.0 Å². The van der Waals surface area contributed by atoms with Crippen LogP contribution in [0.25, 0.3) is 0 Å². The van der Waals surface area contributed by atoms with E-state index in [1.165, 1.54) is 0 Å². The van der Waals surface area contributed by atoms with E-state index >= 15 is 0 Å². The Morgan fingerprint density at radius 3 is 2.78 bits per heavy atom. The molecule has 1 atom stereocenters. The average molecular weight is 380 g/mol. The van der Waals surface area contributed by atoms with Gasteiger partial charge in [0.25, 0.3) is 0 Å². The number of esters is 1. The van der Waals surface area contributed by atoms with Crippen LogP contribution in [0.3, 0.4) is 0 Å². The second-order valence-corrected chi connectivity index (χ2v) is 7.54. The maximum Gasteiger partial charge on any atom is 0.339 e. The van der Waals surface area contributed by atoms with Gasteiger partial charge in [0.2, 0.25) is 5.91 Å². The summed E-state index contributed by atoms with van der Waals surface area (Å²) in [6, 6.07) is 1.77. The maximum atomic E-state index is 12.4. The van der Waals surface area contributed by atoms with Crippen molar-refractivity contribution in [3.05, 3.63) is 23.0 Å². The van der Waals surface area contributed by atoms with Crippen LogP contribution in [0.1, 0.15) is 42.5 Å². The minimum Gasteiger partial charge on any atom is -0.462 e. The van der Waals surface area contributed by atoms with Gasteiger partial charge in [-0.3, -0.25) is 9.69 Å². The SMILES string of the molecule is CCOC(=O)c1cc(C)n(CC(=O)NCC2CN(CC(C)C)CCO2)c1C. The van der Waals surface area contributed by atoms with Gasteiger partial charge < -0.3 is 19.4 Å². The van der Waals surface area contributed by atoms with E-state index in [9.17, 15) is 9.59 Å². The van der Waals surface area contributed by atoms with Crippen molar-refractivity contribution in [1.82, 2.24) is 14.8 Å². The van der Waals surface area contributed by atoms with E-state index in [-0.39, 0.29) is 24.5 Å². The lowest BCUT2D eigenvalue weighted by atomic mass is 10.2. The molecule has 7 nitrogen and oxygen atoms in total. The number of hydrogen-bond donors (Lipinski definition) is 1. The minimum atomic E-state index is -0.349. The summed E-state index contributed by atoms with van der Waals surface area (Å²) in [4.78, 5) is 26.8. The number of amides is 1. The smallest absolute Gasteiger partial charge is 0.339 e. The monoisotopic (exact) mass is 379 g/mol. The van der Waals surface area contributed by atoms with Crippen LogP contribution in [0.2, 0.25) is 0 Å². The molecule has 0 saturated carbocycles. The molecular formula is C20H33N3O4. The molecule has 1 unspecified atom stereocenters. The van der Waals surface area contributed by atoms with Crippen LogP contribution >= 0.6 is 0 Å². The molecule has 1 amide bonds. The van der Waals surface area contributed by atoms with Crippen LogP contribution in [0.4, 0.5) is 0 Å². The van der Waals surface area contributed by atoms with Gasteiger partial charge in [0.1, 0.15) is 6.54 Å². The molecule has 1 aliphatic rings. The summed E-state index contributed by atoms with van der Waals surface area (Å²) >= 11 is 0. The third-order valence-corrected chi connectivity index (χ3v) is 4.74. The number of aromatic nitrogens is 1. The minimum absolute atomic E-state index is 0.0170. The Morgan fingerprint density at radius 1 is 1.37 bits per heavy atom. The molecule has 1 aliphatic heterocycles. The van der Waals surface area contributed by atoms with Gasteiger partial charge in [0, 0.05) is 37.6 Å². The van der Waals surface area contributed by atoms with Crippen molar-refractivity contribution in [2.24, 2.45) is 5.92 Å². The van der Waals surface area contributed by atoms with Crippen LogP contribution in [-0.2, 0) is 20.8 Å². The Bertz CT molecular complexity index is 654. The summed E-state index contributed by atoms with van der Waals surface area (Å²) in [6.45, 7) is 14.5. The van der Waals surface area contributed by atoms with Crippen molar-refractivity contribution in [1.29, 1.82) is 0 Å².